The summed E-state index contributed by atoms with van der Waals surface area (Å²) in [6, 6.07) is 0. The molecule has 4 heteroatoms. The molecule has 0 bridgehead atoms. The van der Waals surface area contributed by atoms with E-state index in [2.05, 4.69) is 27.7 Å². The Morgan fingerprint density at radius 1 is 0.562 bits per heavy atom. The third-order valence-corrected chi connectivity index (χ3v) is 9.83. The van der Waals surface area contributed by atoms with Crippen LogP contribution in [0.5, 0.6) is 0 Å². The molecule has 0 aliphatic heterocycles. The summed E-state index contributed by atoms with van der Waals surface area (Å²) < 4.78 is -1.24. The zero-order valence-corrected chi connectivity index (χ0v) is 12.9. The zero-order valence-electron chi connectivity index (χ0n) is 9.93. The van der Waals surface area contributed by atoms with Crippen LogP contribution in [0.3, 0.4) is 0 Å². The maximum Gasteiger partial charge on any atom is 0.130 e. The van der Waals surface area contributed by atoms with Gasteiger partial charge in [0.1, 0.15) is 8.67 Å². The van der Waals surface area contributed by atoms with E-state index >= 15 is 0 Å². The summed E-state index contributed by atoms with van der Waals surface area (Å²) in [6.45, 7) is 8.67. The maximum atomic E-state index is 6.48. The average Bonchev–Trinajstić information content (AvgIpc) is 2.59. The second-order valence-corrected chi connectivity index (χ2v) is 9.49. The van der Waals surface area contributed by atoms with Gasteiger partial charge < -0.3 is 0 Å². The predicted molar refractivity (Wildman–Crippen MR) is 70.5 cm³/mol. The van der Waals surface area contributed by atoms with E-state index in [-0.39, 0.29) is 21.7 Å². The first-order valence-electron chi connectivity index (χ1n) is 5.67. The molecule has 0 spiro atoms. The van der Waals surface area contributed by atoms with Crippen LogP contribution in [0.1, 0.15) is 40.5 Å². The van der Waals surface area contributed by atoms with Crippen molar-refractivity contribution < 1.29 is 0 Å². The first-order chi connectivity index (χ1) is 6.91. The summed E-state index contributed by atoms with van der Waals surface area (Å²) in [5, 5.41) is 0. The minimum absolute atomic E-state index is 0.0527. The first-order valence-corrected chi connectivity index (χ1v) is 7.18. The predicted octanol–water partition coefficient (Wildman–Crippen LogP) is 5.18. The molecule has 0 unspecified atom stereocenters. The van der Waals surface area contributed by atoms with Crippen LogP contribution in [0, 0.1) is 21.7 Å². The molecule has 0 aromatic heterocycles. The van der Waals surface area contributed by atoms with E-state index in [0.29, 0.717) is 0 Å². The van der Waals surface area contributed by atoms with Gasteiger partial charge in [0.2, 0.25) is 0 Å². The molecule has 4 atom stereocenters. The zero-order chi connectivity index (χ0) is 12.4. The summed E-state index contributed by atoms with van der Waals surface area (Å²) in [4.78, 5) is 0. The van der Waals surface area contributed by atoms with Crippen LogP contribution in [-0.4, -0.2) is 8.67 Å². The highest BCUT2D eigenvalue weighted by atomic mass is 35.5. The molecule has 0 radical (unpaired) electrons. The molecule has 3 fully saturated rings. The summed E-state index contributed by atoms with van der Waals surface area (Å²) in [5.74, 6) is 0. The quantitative estimate of drug-likeness (QED) is 0.541. The third kappa shape index (κ3) is 0.762. The summed E-state index contributed by atoms with van der Waals surface area (Å²) >= 11 is 25.9. The SMILES string of the molecule is C[C@@]12C[C@@]3(C)C(Cl)(Cl)[C@@]3(C)C[C@]1(C)C2(Cl)Cl. The molecular formula is C12H16Cl4. The van der Waals surface area contributed by atoms with Crippen LogP contribution >= 0.6 is 46.4 Å². The van der Waals surface area contributed by atoms with Crippen LogP contribution in [0.25, 0.3) is 0 Å². The van der Waals surface area contributed by atoms with E-state index in [1.165, 1.54) is 0 Å². The summed E-state index contributed by atoms with van der Waals surface area (Å²) in [7, 11) is 0. The molecule has 3 aliphatic carbocycles. The molecule has 0 N–H and O–H groups in total. The normalized spacial score (nSPS) is 64.5. The van der Waals surface area contributed by atoms with Gasteiger partial charge in [-0.1, -0.05) is 27.7 Å². The molecule has 92 valence electrons. The van der Waals surface area contributed by atoms with Gasteiger partial charge in [0, 0.05) is 21.7 Å². The monoisotopic (exact) mass is 300 g/mol. The number of fused-ring (bicyclic) bond motifs is 2. The Kier molecular flexibility index (Phi) is 1.85. The Morgan fingerprint density at radius 3 is 0.938 bits per heavy atom. The second-order valence-electron chi connectivity index (χ2n) is 6.83. The lowest BCUT2D eigenvalue weighted by atomic mass is 9.71. The van der Waals surface area contributed by atoms with Gasteiger partial charge >= 0.3 is 0 Å². The highest BCUT2D eigenvalue weighted by Crippen LogP contribution is 2.96. The van der Waals surface area contributed by atoms with Gasteiger partial charge in [-0.05, 0) is 12.8 Å². The fraction of sp³-hybridized carbons (Fsp3) is 1.00. The maximum absolute atomic E-state index is 6.48. The van der Waals surface area contributed by atoms with Gasteiger partial charge in [-0.25, -0.2) is 0 Å². The van der Waals surface area contributed by atoms with E-state index in [4.69, 9.17) is 46.4 Å². The van der Waals surface area contributed by atoms with E-state index in [1.807, 2.05) is 0 Å². The van der Waals surface area contributed by atoms with E-state index in [1.54, 1.807) is 0 Å². The molecule has 16 heavy (non-hydrogen) atoms. The van der Waals surface area contributed by atoms with Crippen molar-refractivity contribution in [2.24, 2.45) is 21.7 Å². The molecule has 0 saturated heterocycles. The lowest BCUT2D eigenvalue weighted by Crippen LogP contribution is -2.25. The van der Waals surface area contributed by atoms with Crippen LogP contribution in [0.4, 0.5) is 0 Å². The minimum atomic E-state index is -0.622. The van der Waals surface area contributed by atoms with Crippen LogP contribution in [0.15, 0.2) is 0 Å². The fourth-order valence-corrected chi connectivity index (χ4v) is 6.55. The van der Waals surface area contributed by atoms with Crippen LogP contribution in [0.2, 0.25) is 0 Å². The highest BCUT2D eigenvalue weighted by Gasteiger charge is 2.95. The number of rotatable bonds is 0. The number of halogens is 4. The smallest absolute Gasteiger partial charge is 0.100 e. The van der Waals surface area contributed by atoms with Gasteiger partial charge in [-0.3, -0.25) is 0 Å². The second kappa shape index (κ2) is 2.42. The van der Waals surface area contributed by atoms with Crippen molar-refractivity contribution in [1.82, 2.24) is 0 Å². The Labute approximate surface area is 117 Å². The Morgan fingerprint density at radius 2 is 0.750 bits per heavy atom. The topological polar surface area (TPSA) is 0 Å². The number of hydrogen-bond acceptors (Lipinski definition) is 0. The molecule has 3 saturated carbocycles. The largest absolute Gasteiger partial charge is 0.130 e. The van der Waals surface area contributed by atoms with E-state index < -0.39 is 8.67 Å². The van der Waals surface area contributed by atoms with Gasteiger partial charge in [-0.2, -0.15) is 0 Å². The lowest BCUT2D eigenvalue weighted by Gasteiger charge is -2.31. The molecular weight excluding hydrogens is 286 g/mol. The van der Waals surface area contributed by atoms with Crippen molar-refractivity contribution in [3.63, 3.8) is 0 Å². The molecule has 3 rings (SSSR count). The molecule has 0 heterocycles. The molecule has 0 amide bonds. The molecule has 0 nitrogen and oxygen atoms in total. The number of alkyl halides is 4. The van der Waals surface area contributed by atoms with Crippen LogP contribution in [-0.2, 0) is 0 Å². The summed E-state index contributed by atoms with van der Waals surface area (Å²) in [6.07, 6.45) is 1.82. The van der Waals surface area contributed by atoms with Gasteiger partial charge in [0.25, 0.3) is 0 Å². The van der Waals surface area contributed by atoms with Crippen molar-refractivity contribution in [3.05, 3.63) is 0 Å². The molecule has 3 aliphatic rings. The molecule has 0 aromatic carbocycles. The third-order valence-electron chi connectivity index (χ3n) is 6.50. The average molecular weight is 302 g/mol. The van der Waals surface area contributed by atoms with Gasteiger partial charge in [-0.15, -0.1) is 46.4 Å². The highest BCUT2D eigenvalue weighted by molar-refractivity contribution is 6.54. The Balaban J connectivity index is 2.07. The van der Waals surface area contributed by atoms with Gasteiger partial charge in [0.05, 0.1) is 0 Å². The standard InChI is InChI=1S/C12H16Cl4/c1-7-5-9(3)10(4,12(9,15)16)6-8(7,2)11(7,13)14/h5-6H2,1-4H3/t7-,8+,9-,10+. The van der Waals surface area contributed by atoms with Crippen molar-refractivity contribution in [1.29, 1.82) is 0 Å². The van der Waals surface area contributed by atoms with Crippen LogP contribution < -0.4 is 0 Å². The fourth-order valence-electron chi connectivity index (χ4n) is 4.53. The molecule has 0 aromatic rings. The van der Waals surface area contributed by atoms with E-state index in [0.717, 1.165) is 12.8 Å². The first kappa shape index (κ1) is 12.2. The number of hydrogen-bond donors (Lipinski definition) is 0. The minimum Gasteiger partial charge on any atom is -0.100 e. The van der Waals surface area contributed by atoms with Crippen molar-refractivity contribution >= 4 is 46.4 Å². The van der Waals surface area contributed by atoms with Crippen molar-refractivity contribution in [2.45, 2.75) is 49.2 Å². The van der Waals surface area contributed by atoms with Crippen molar-refractivity contribution in [3.8, 4) is 0 Å². The van der Waals surface area contributed by atoms with Gasteiger partial charge in [0.15, 0.2) is 0 Å². The Hall–Kier alpha value is 1.16. The lowest BCUT2D eigenvalue weighted by molar-refractivity contribution is 0.157. The summed E-state index contributed by atoms with van der Waals surface area (Å²) in [5.41, 5.74) is -0.211. The Bertz CT molecular complexity index is 334. The van der Waals surface area contributed by atoms with Crippen molar-refractivity contribution in [2.75, 3.05) is 0 Å². The van der Waals surface area contributed by atoms with E-state index in [9.17, 15) is 0 Å².